The van der Waals surface area contributed by atoms with Gasteiger partial charge >= 0.3 is 0 Å². The van der Waals surface area contributed by atoms with Gasteiger partial charge in [-0.1, -0.05) is 13.0 Å². The average molecular weight is 217 g/mol. The van der Waals surface area contributed by atoms with Crippen molar-refractivity contribution in [1.29, 1.82) is 0 Å². The zero-order valence-electron chi connectivity index (χ0n) is 10.2. The molecule has 0 aromatic heterocycles. The molecule has 0 heterocycles. The van der Waals surface area contributed by atoms with Crippen LogP contribution >= 0.6 is 0 Å². The molecule has 1 atom stereocenters. The van der Waals surface area contributed by atoms with E-state index in [1.54, 1.807) is 0 Å². The third-order valence-corrected chi connectivity index (χ3v) is 3.52. The van der Waals surface area contributed by atoms with Crippen molar-refractivity contribution in [3.8, 4) is 0 Å². The molecule has 2 nitrogen and oxygen atoms in total. The Labute approximate surface area is 97.1 Å². The smallest absolute Gasteiger partial charge is 0.227 e. The summed E-state index contributed by atoms with van der Waals surface area (Å²) in [7, 11) is 0. The number of anilines is 1. The number of nitrogens with one attached hydrogen (secondary N) is 1. The highest BCUT2D eigenvalue weighted by atomic mass is 16.1. The van der Waals surface area contributed by atoms with Gasteiger partial charge in [0, 0.05) is 11.6 Å². The van der Waals surface area contributed by atoms with E-state index in [0.717, 1.165) is 5.69 Å². The van der Waals surface area contributed by atoms with E-state index in [4.69, 9.17) is 0 Å². The molecule has 16 heavy (non-hydrogen) atoms. The Bertz CT molecular complexity index is 407. The molecule has 0 aliphatic heterocycles. The van der Waals surface area contributed by atoms with Gasteiger partial charge in [0.2, 0.25) is 5.91 Å². The number of amides is 1. The van der Waals surface area contributed by atoms with Gasteiger partial charge in [-0.2, -0.15) is 0 Å². The number of carbonyl (C=O) groups is 1. The van der Waals surface area contributed by atoms with Crippen molar-refractivity contribution in [2.24, 2.45) is 11.8 Å². The van der Waals surface area contributed by atoms with E-state index in [1.807, 2.05) is 25.1 Å². The number of rotatable bonds is 3. The first-order chi connectivity index (χ1) is 7.58. The Morgan fingerprint density at radius 1 is 1.31 bits per heavy atom. The summed E-state index contributed by atoms with van der Waals surface area (Å²) in [4.78, 5) is 11.9. The molecule has 1 unspecified atom stereocenters. The van der Waals surface area contributed by atoms with Crippen LogP contribution in [0, 0.1) is 25.7 Å². The van der Waals surface area contributed by atoms with Crippen LogP contribution in [-0.4, -0.2) is 5.91 Å². The molecule has 1 fully saturated rings. The van der Waals surface area contributed by atoms with Crippen molar-refractivity contribution < 1.29 is 4.79 Å². The van der Waals surface area contributed by atoms with Crippen LogP contribution in [0.3, 0.4) is 0 Å². The molecule has 2 rings (SSSR count). The van der Waals surface area contributed by atoms with Gasteiger partial charge in [-0.15, -0.1) is 0 Å². The predicted octanol–water partition coefficient (Wildman–Crippen LogP) is 3.29. The molecule has 2 heteroatoms. The third-order valence-electron chi connectivity index (χ3n) is 3.52. The maximum Gasteiger partial charge on any atom is 0.227 e. The average Bonchev–Trinajstić information content (AvgIpc) is 3.06. The van der Waals surface area contributed by atoms with Gasteiger partial charge in [0.1, 0.15) is 0 Å². The van der Waals surface area contributed by atoms with Crippen LogP contribution in [0.15, 0.2) is 18.2 Å². The molecule has 0 saturated heterocycles. The molecule has 1 aliphatic carbocycles. The Kier molecular flexibility index (Phi) is 2.99. The van der Waals surface area contributed by atoms with Crippen molar-refractivity contribution in [2.45, 2.75) is 33.6 Å². The van der Waals surface area contributed by atoms with Gasteiger partial charge in [0.05, 0.1) is 0 Å². The van der Waals surface area contributed by atoms with Crippen molar-refractivity contribution in [1.82, 2.24) is 0 Å². The van der Waals surface area contributed by atoms with E-state index >= 15 is 0 Å². The minimum Gasteiger partial charge on any atom is -0.326 e. The van der Waals surface area contributed by atoms with Gasteiger partial charge in [-0.05, 0) is 55.9 Å². The molecular weight excluding hydrogens is 198 g/mol. The third kappa shape index (κ3) is 2.43. The van der Waals surface area contributed by atoms with Crippen LogP contribution in [0.25, 0.3) is 0 Å². The highest BCUT2D eigenvalue weighted by Gasteiger charge is 2.32. The SMILES string of the molecule is Cc1ccc(NC(=O)C(C)C2CC2)cc1C. The first-order valence-corrected chi connectivity index (χ1v) is 5.96. The van der Waals surface area contributed by atoms with E-state index in [1.165, 1.54) is 24.0 Å². The number of hydrogen-bond acceptors (Lipinski definition) is 1. The lowest BCUT2D eigenvalue weighted by Gasteiger charge is -2.12. The maximum atomic E-state index is 11.9. The Balaban J connectivity index is 2.02. The number of benzene rings is 1. The van der Waals surface area contributed by atoms with Crippen molar-refractivity contribution in [3.05, 3.63) is 29.3 Å². The first-order valence-electron chi connectivity index (χ1n) is 5.96. The van der Waals surface area contributed by atoms with Gasteiger partial charge in [-0.3, -0.25) is 4.79 Å². The normalized spacial score (nSPS) is 16.9. The molecule has 1 aromatic carbocycles. The zero-order valence-corrected chi connectivity index (χ0v) is 10.2. The first kappa shape index (κ1) is 11.2. The van der Waals surface area contributed by atoms with E-state index in [2.05, 4.69) is 19.2 Å². The predicted molar refractivity (Wildman–Crippen MR) is 66.4 cm³/mol. The lowest BCUT2D eigenvalue weighted by Crippen LogP contribution is -2.21. The highest BCUT2D eigenvalue weighted by molar-refractivity contribution is 5.92. The molecular formula is C14H19NO. The summed E-state index contributed by atoms with van der Waals surface area (Å²) in [6.45, 7) is 6.16. The van der Waals surface area contributed by atoms with Gasteiger partial charge in [-0.25, -0.2) is 0 Å². The Hall–Kier alpha value is -1.31. The standard InChI is InChI=1S/C14H19NO/c1-9-4-7-13(8-10(9)2)15-14(16)11(3)12-5-6-12/h4,7-8,11-12H,5-6H2,1-3H3,(H,15,16). The lowest BCUT2D eigenvalue weighted by molar-refractivity contribution is -0.119. The van der Waals surface area contributed by atoms with Crippen LogP contribution in [-0.2, 0) is 4.79 Å². The fourth-order valence-electron chi connectivity index (χ4n) is 1.89. The second-order valence-corrected chi connectivity index (χ2v) is 4.91. The number of hydrogen-bond donors (Lipinski definition) is 1. The summed E-state index contributed by atoms with van der Waals surface area (Å²) in [5.41, 5.74) is 3.39. The van der Waals surface area contributed by atoms with Crippen molar-refractivity contribution in [2.75, 3.05) is 5.32 Å². The topological polar surface area (TPSA) is 29.1 Å². The summed E-state index contributed by atoms with van der Waals surface area (Å²) in [6.07, 6.45) is 2.42. The summed E-state index contributed by atoms with van der Waals surface area (Å²) in [5, 5.41) is 2.99. The molecule has 0 bridgehead atoms. The minimum absolute atomic E-state index is 0.154. The van der Waals surface area contributed by atoms with E-state index in [0.29, 0.717) is 5.92 Å². The molecule has 0 radical (unpaired) electrons. The van der Waals surface area contributed by atoms with Crippen molar-refractivity contribution >= 4 is 11.6 Å². The molecule has 1 aliphatic rings. The number of carbonyl (C=O) groups excluding carboxylic acids is 1. The summed E-state index contributed by atoms with van der Waals surface area (Å²) >= 11 is 0. The van der Waals surface area contributed by atoms with E-state index < -0.39 is 0 Å². The van der Waals surface area contributed by atoms with Gasteiger partial charge in [0.15, 0.2) is 0 Å². The van der Waals surface area contributed by atoms with E-state index in [9.17, 15) is 4.79 Å². The van der Waals surface area contributed by atoms with Gasteiger partial charge in [0.25, 0.3) is 0 Å². The van der Waals surface area contributed by atoms with E-state index in [-0.39, 0.29) is 11.8 Å². The molecule has 1 aromatic rings. The Morgan fingerprint density at radius 3 is 2.56 bits per heavy atom. The van der Waals surface area contributed by atoms with Crippen LogP contribution in [0.4, 0.5) is 5.69 Å². The Morgan fingerprint density at radius 2 is 2.00 bits per heavy atom. The zero-order chi connectivity index (χ0) is 11.7. The molecule has 1 amide bonds. The molecule has 1 N–H and O–H groups in total. The van der Waals surface area contributed by atoms with Crippen LogP contribution in [0.5, 0.6) is 0 Å². The molecule has 86 valence electrons. The summed E-state index contributed by atoms with van der Waals surface area (Å²) < 4.78 is 0. The fourth-order valence-corrected chi connectivity index (χ4v) is 1.89. The second-order valence-electron chi connectivity index (χ2n) is 4.91. The monoisotopic (exact) mass is 217 g/mol. The quantitative estimate of drug-likeness (QED) is 0.827. The van der Waals surface area contributed by atoms with Crippen LogP contribution in [0.2, 0.25) is 0 Å². The summed E-state index contributed by atoms with van der Waals surface area (Å²) in [5.74, 6) is 0.930. The minimum atomic E-state index is 0.154. The lowest BCUT2D eigenvalue weighted by atomic mass is 10.1. The fraction of sp³-hybridized carbons (Fsp3) is 0.500. The largest absolute Gasteiger partial charge is 0.326 e. The summed E-state index contributed by atoms with van der Waals surface area (Å²) in [6, 6.07) is 6.06. The van der Waals surface area contributed by atoms with Gasteiger partial charge < -0.3 is 5.32 Å². The second kappa shape index (κ2) is 4.28. The highest BCUT2D eigenvalue weighted by Crippen LogP contribution is 2.37. The van der Waals surface area contributed by atoms with Crippen LogP contribution < -0.4 is 5.32 Å². The van der Waals surface area contributed by atoms with Crippen LogP contribution in [0.1, 0.15) is 30.9 Å². The van der Waals surface area contributed by atoms with Crippen molar-refractivity contribution in [3.63, 3.8) is 0 Å². The molecule has 0 spiro atoms. The maximum absolute atomic E-state index is 11.9. The number of aryl methyl sites for hydroxylation is 2. The molecule has 1 saturated carbocycles.